The molecule has 1 N–H and O–H groups in total. The number of nitrogens with zero attached hydrogens (tertiary/aromatic N) is 1. The summed E-state index contributed by atoms with van der Waals surface area (Å²) in [6.45, 7) is 5.53. The van der Waals surface area contributed by atoms with Gasteiger partial charge in [-0.05, 0) is 38.0 Å². The number of aryl methyl sites for hydroxylation is 1. The van der Waals surface area contributed by atoms with E-state index >= 15 is 0 Å². The maximum atomic E-state index is 12.6. The highest BCUT2D eigenvalue weighted by Gasteiger charge is 2.27. The molecule has 21 heavy (non-hydrogen) atoms. The Kier molecular flexibility index (Phi) is 6.36. The lowest BCUT2D eigenvalue weighted by atomic mass is 10.1. The van der Waals surface area contributed by atoms with Crippen LogP contribution in [0.1, 0.15) is 39.2 Å². The third-order valence-corrected chi connectivity index (χ3v) is 5.28. The first-order valence-corrected chi connectivity index (χ1v) is 8.55. The predicted molar refractivity (Wildman–Crippen MR) is 81.7 cm³/mol. The number of carboxylic acid groups (broad SMARTS) is 1. The molecular formula is C15H23NO4S. The molecule has 1 aromatic rings. The molecule has 0 bridgehead atoms. The Hall–Kier alpha value is -1.40. The Labute approximate surface area is 126 Å². The standard InChI is InChI=1S/C15H23NO4S/c1-4-5-13-6-8-14(9-7-13)21(19,20)16(12(2)3)11-10-15(17)18/h6-9,12H,4-5,10-11H2,1-3H3,(H,17,18). The van der Waals surface area contributed by atoms with Crippen LogP contribution in [-0.4, -0.2) is 36.4 Å². The van der Waals surface area contributed by atoms with E-state index in [-0.39, 0.29) is 23.9 Å². The van der Waals surface area contributed by atoms with Crippen LogP contribution in [0.3, 0.4) is 0 Å². The monoisotopic (exact) mass is 313 g/mol. The molecule has 1 rings (SSSR count). The molecule has 0 atom stereocenters. The Morgan fingerprint density at radius 2 is 1.81 bits per heavy atom. The van der Waals surface area contributed by atoms with Gasteiger partial charge in [-0.3, -0.25) is 4.79 Å². The van der Waals surface area contributed by atoms with Crippen LogP contribution in [0.4, 0.5) is 0 Å². The van der Waals surface area contributed by atoms with E-state index in [1.165, 1.54) is 4.31 Å². The highest BCUT2D eigenvalue weighted by atomic mass is 32.2. The van der Waals surface area contributed by atoms with Crippen LogP contribution >= 0.6 is 0 Å². The lowest BCUT2D eigenvalue weighted by Gasteiger charge is -2.25. The highest BCUT2D eigenvalue weighted by molar-refractivity contribution is 7.89. The van der Waals surface area contributed by atoms with Gasteiger partial charge in [-0.2, -0.15) is 4.31 Å². The summed E-state index contributed by atoms with van der Waals surface area (Å²) >= 11 is 0. The van der Waals surface area contributed by atoms with E-state index in [1.807, 2.05) is 12.1 Å². The largest absolute Gasteiger partial charge is 0.481 e. The van der Waals surface area contributed by atoms with Crippen molar-refractivity contribution in [2.45, 2.75) is 51.0 Å². The lowest BCUT2D eigenvalue weighted by molar-refractivity contribution is -0.137. The maximum Gasteiger partial charge on any atom is 0.304 e. The number of aliphatic carboxylic acids is 1. The second-order valence-corrected chi connectivity index (χ2v) is 7.14. The molecule has 5 nitrogen and oxygen atoms in total. The van der Waals surface area contributed by atoms with Crippen molar-refractivity contribution in [2.24, 2.45) is 0 Å². The van der Waals surface area contributed by atoms with Gasteiger partial charge in [0.05, 0.1) is 11.3 Å². The van der Waals surface area contributed by atoms with Gasteiger partial charge in [0.1, 0.15) is 0 Å². The van der Waals surface area contributed by atoms with Crippen LogP contribution in [0.25, 0.3) is 0 Å². The molecule has 0 amide bonds. The van der Waals surface area contributed by atoms with Crippen LogP contribution in [0.5, 0.6) is 0 Å². The van der Waals surface area contributed by atoms with Crippen molar-refractivity contribution in [3.8, 4) is 0 Å². The number of carboxylic acids is 1. The number of hydrogen-bond donors (Lipinski definition) is 1. The van der Waals surface area contributed by atoms with Crippen LogP contribution in [0, 0.1) is 0 Å². The fourth-order valence-electron chi connectivity index (χ4n) is 2.11. The Morgan fingerprint density at radius 3 is 2.24 bits per heavy atom. The molecule has 1 aromatic carbocycles. The van der Waals surface area contributed by atoms with Gasteiger partial charge >= 0.3 is 5.97 Å². The maximum absolute atomic E-state index is 12.6. The Balaban J connectivity index is 3.01. The molecular weight excluding hydrogens is 290 g/mol. The van der Waals surface area contributed by atoms with E-state index in [9.17, 15) is 13.2 Å². The Morgan fingerprint density at radius 1 is 1.24 bits per heavy atom. The summed E-state index contributed by atoms with van der Waals surface area (Å²) in [5.74, 6) is -1.01. The van der Waals surface area contributed by atoms with Crippen LogP contribution in [0.15, 0.2) is 29.2 Å². The number of hydrogen-bond acceptors (Lipinski definition) is 3. The van der Waals surface area contributed by atoms with Crippen molar-refractivity contribution < 1.29 is 18.3 Å². The fourth-order valence-corrected chi connectivity index (χ4v) is 3.75. The minimum Gasteiger partial charge on any atom is -0.481 e. The third-order valence-electron chi connectivity index (χ3n) is 3.19. The topological polar surface area (TPSA) is 74.7 Å². The predicted octanol–water partition coefficient (Wildman–Crippen LogP) is 2.51. The first-order valence-electron chi connectivity index (χ1n) is 7.11. The zero-order chi connectivity index (χ0) is 16.0. The minimum absolute atomic E-state index is 0.0218. The summed E-state index contributed by atoms with van der Waals surface area (Å²) in [6.07, 6.45) is 1.71. The lowest BCUT2D eigenvalue weighted by Crippen LogP contribution is -2.38. The molecule has 0 aromatic heterocycles. The summed E-state index contributed by atoms with van der Waals surface area (Å²) in [6, 6.07) is 6.52. The first kappa shape index (κ1) is 17.7. The Bertz CT molecular complexity index is 564. The summed E-state index contributed by atoms with van der Waals surface area (Å²) in [4.78, 5) is 10.9. The zero-order valence-corrected chi connectivity index (χ0v) is 13.6. The second kappa shape index (κ2) is 7.56. The van der Waals surface area contributed by atoms with E-state index in [0.29, 0.717) is 0 Å². The molecule has 0 aliphatic rings. The van der Waals surface area contributed by atoms with Crippen LogP contribution in [-0.2, 0) is 21.2 Å². The van der Waals surface area contributed by atoms with Crippen molar-refractivity contribution in [2.75, 3.05) is 6.54 Å². The van der Waals surface area contributed by atoms with Crippen LogP contribution in [0.2, 0.25) is 0 Å². The van der Waals surface area contributed by atoms with E-state index in [0.717, 1.165) is 18.4 Å². The van der Waals surface area contributed by atoms with Gasteiger partial charge in [-0.1, -0.05) is 25.5 Å². The van der Waals surface area contributed by atoms with Crippen LogP contribution < -0.4 is 0 Å². The summed E-state index contributed by atoms with van der Waals surface area (Å²) < 4.78 is 26.4. The molecule has 0 fully saturated rings. The quantitative estimate of drug-likeness (QED) is 0.800. The molecule has 0 aliphatic heterocycles. The SMILES string of the molecule is CCCc1ccc(S(=O)(=O)N(CCC(=O)O)C(C)C)cc1. The molecule has 0 spiro atoms. The zero-order valence-electron chi connectivity index (χ0n) is 12.7. The van der Waals surface area contributed by atoms with Crippen molar-refractivity contribution >= 4 is 16.0 Å². The number of carbonyl (C=O) groups is 1. The van der Waals surface area contributed by atoms with Gasteiger partial charge in [0, 0.05) is 12.6 Å². The third kappa shape index (κ3) is 4.82. The summed E-state index contributed by atoms with van der Waals surface area (Å²) in [7, 11) is -3.66. The average Bonchev–Trinajstić information content (AvgIpc) is 2.38. The normalized spacial score (nSPS) is 12.0. The molecule has 0 radical (unpaired) electrons. The summed E-state index contributed by atoms with van der Waals surface area (Å²) in [5, 5.41) is 8.75. The van der Waals surface area contributed by atoms with Crippen molar-refractivity contribution in [3.63, 3.8) is 0 Å². The molecule has 0 aliphatic carbocycles. The van der Waals surface area contributed by atoms with Gasteiger partial charge in [0.25, 0.3) is 0 Å². The second-order valence-electron chi connectivity index (χ2n) is 5.25. The van der Waals surface area contributed by atoms with Gasteiger partial charge in [0.2, 0.25) is 10.0 Å². The van der Waals surface area contributed by atoms with E-state index < -0.39 is 16.0 Å². The van der Waals surface area contributed by atoms with Gasteiger partial charge in [0.15, 0.2) is 0 Å². The molecule has 6 heteroatoms. The number of sulfonamides is 1. The first-order chi connectivity index (χ1) is 9.78. The van der Waals surface area contributed by atoms with E-state index in [4.69, 9.17) is 5.11 Å². The van der Waals surface area contributed by atoms with Crippen molar-refractivity contribution in [1.29, 1.82) is 0 Å². The molecule has 0 saturated heterocycles. The number of benzene rings is 1. The summed E-state index contributed by atoms with van der Waals surface area (Å²) in [5.41, 5.74) is 1.10. The van der Waals surface area contributed by atoms with Gasteiger partial charge in [-0.25, -0.2) is 8.42 Å². The van der Waals surface area contributed by atoms with E-state index in [2.05, 4.69) is 6.92 Å². The number of rotatable bonds is 8. The van der Waals surface area contributed by atoms with E-state index in [1.54, 1.807) is 26.0 Å². The van der Waals surface area contributed by atoms with Gasteiger partial charge in [-0.15, -0.1) is 0 Å². The van der Waals surface area contributed by atoms with Crippen molar-refractivity contribution in [1.82, 2.24) is 4.31 Å². The molecule has 0 unspecified atom stereocenters. The average molecular weight is 313 g/mol. The molecule has 118 valence electrons. The molecule has 0 saturated carbocycles. The smallest absolute Gasteiger partial charge is 0.304 e. The van der Waals surface area contributed by atoms with Crippen molar-refractivity contribution in [3.05, 3.63) is 29.8 Å². The molecule has 0 heterocycles. The highest BCUT2D eigenvalue weighted by Crippen LogP contribution is 2.19. The fraction of sp³-hybridized carbons (Fsp3) is 0.533. The minimum atomic E-state index is -3.66. The van der Waals surface area contributed by atoms with Gasteiger partial charge < -0.3 is 5.11 Å².